The highest BCUT2D eigenvalue weighted by Crippen LogP contribution is 2.29. The minimum Gasteiger partial charge on any atom is -0.508 e. The molecule has 0 amide bonds. The Morgan fingerprint density at radius 3 is 2.83 bits per heavy atom. The number of aryl methyl sites for hydroxylation is 2. The van der Waals surface area contributed by atoms with Crippen molar-refractivity contribution in [3.05, 3.63) is 47.4 Å². The quantitative estimate of drug-likeness (QED) is 0.666. The first-order chi connectivity index (χ1) is 11.5. The van der Waals surface area contributed by atoms with Gasteiger partial charge in [0.05, 0.1) is 5.56 Å². The Balaban J connectivity index is 2.13. The molecule has 0 aliphatic heterocycles. The van der Waals surface area contributed by atoms with Crippen molar-refractivity contribution >= 4 is 23.0 Å². The molecule has 124 valence electrons. The molecule has 0 atom stereocenters. The Hall–Kier alpha value is -3.09. The zero-order chi connectivity index (χ0) is 17.3. The van der Waals surface area contributed by atoms with Crippen LogP contribution in [-0.4, -0.2) is 30.8 Å². The molecule has 3 N–H and O–H groups in total. The average molecular weight is 326 g/mol. The number of phenols is 1. The topological polar surface area (TPSA) is 99.8 Å². The van der Waals surface area contributed by atoms with Crippen molar-refractivity contribution < 1.29 is 15.0 Å². The zero-order valence-corrected chi connectivity index (χ0v) is 13.4. The molecule has 0 unspecified atom stereocenters. The lowest BCUT2D eigenvalue weighted by Gasteiger charge is -2.10. The molecule has 2 aromatic heterocycles. The molecule has 3 aromatic rings. The minimum absolute atomic E-state index is 0.181. The van der Waals surface area contributed by atoms with Crippen molar-refractivity contribution in [1.82, 2.24) is 14.6 Å². The van der Waals surface area contributed by atoms with Crippen LogP contribution in [-0.2, 0) is 6.42 Å². The molecule has 7 nitrogen and oxygen atoms in total. The first kappa shape index (κ1) is 15.8. The van der Waals surface area contributed by atoms with Crippen molar-refractivity contribution in [3.63, 3.8) is 0 Å². The number of nitrogens with one attached hydrogen (secondary N) is 1. The van der Waals surface area contributed by atoms with Crippen LogP contribution >= 0.6 is 0 Å². The Kier molecular flexibility index (Phi) is 4.07. The Morgan fingerprint density at radius 2 is 2.17 bits per heavy atom. The second kappa shape index (κ2) is 6.19. The average Bonchev–Trinajstić information content (AvgIpc) is 2.91. The van der Waals surface area contributed by atoms with E-state index in [0.717, 1.165) is 12.0 Å². The molecule has 2 heterocycles. The van der Waals surface area contributed by atoms with Crippen LogP contribution in [0.25, 0.3) is 5.52 Å². The number of aromatic carboxylic acids is 1. The third kappa shape index (κ3) is 2.76. The SMILES string of the molecule is CCCc1c(C(=O)O)cn2ncnc(Nc3ccc(C)c(O)c3)c12. The van der Waals surface area contributed by atoms with Gasteiger partial charge in [0.1, 0.15) is 17.6 Å². The summed E-state index contributed by atoms with van der Waals surface area (Å²) < 4.78 is 1.53. The number of carboxylic acids is 1. The van der Waals surface area contributed by atoms with Crippen LogP contribution in [0.5, 0.6) is 5.75 Å². The summed E-state index contributed by atoms with van der Waals surface area (Å²) in [5, 5.41) is 26.5. The van der Waals surface area contributed by atoms with E-state index in [1.165, 1.54) is 17.0 Å². The third-order valence-corrected chi connectivity index (χ3v) is 3.88. The van der Waals surface area contributed by atoms with Crippen LogP contribution in [0.15, 0.2) is 30.7 Å². The molecule has 0 radical (unpaired) electrons. The molecule has 0 fully saturated rings. The molecular weight excluding hydrogens is 308 g/mol. The number of carboxylic acid groups (broad SMARTS) is 1. The van der Waals surface area contributed by atoms with Gasteiger partial charge in [-0.2, -0.15) is 5.10 Å². The summed E-state index contributed by atoms with van der Waals surface area (Å²) in [5.41, 5.74) is 3.00. The number of nitrogens with zero attached hydrogens (tertiary/aromatic N) is 3. The summed E-state index contributed by atoms with van der Waals surface area (Å²) in [6, 6.07) is 5.23. The lowest BCUT2D eigenvalue weighted by molar-refractivity contribution is 0.0696. The smallest absolute Gasteiger partial charge is 0.337 e. The van der Waals surface area contributed by atoms with E-state index in [1.807, 2.05) is 19.9 Å². The maximum Gasteiger partial charge on any atom is 0.337 e. The summed E-state index contributed by atoms with van der Waals surface area (Å²) in [4.78, 5) is 15.8. The minimum atomic E-state index is -0.983. The van der Waals surface area contributed by atoms with Gasteiger partial charge in [-0.25, -0.2) is 14.3 Å². The first-order valence-corrected chi connectivity index (χ1v) is 7.66. The third-order valence-electron chi connectivity index (χ3n) is 3.88. The van der Waals surface area contributed by atoms with E-state index in [1.54, 1.807) is 12.1 Å². The molecule has 0 aliphatic rings. The van der Waals surface area contributed by atoms with E-state index in [0.29, 0.717) is 29.0 Å². The molecule has 3 rings (SSSR count). The summed E-state index contributed by atoms with van der Waals surface area (Å²) in [6.45, 7) is 3.80. The number of aromatic hydroxyl groups is 1. The standard InChI is InChI=1S/C17H18N4O3/c1-3-4-12-13(17(23)24)8-21-15(12)16(18-9-19-21)20-11-6-5-10(2)14(22)7-11/h5-9,22H,3-4H2,1-2H3,(H,23,24)(H,18,19,20). The Labute approximate surface area is 138 Å². The molecule has 7 heteroatoms. The molecule has 0 saturated carbocycles. The Morgan fingerprint density at radius 1 is 1.38 bits per heavy atom. The predicted molar refractivity (Wildman–Crippen MR) is 90.1 cm³/mol. The molecule has 0 spiro atoms. The van der Waals surface area contributed by atoms with Crippen LogP contribution in [0, 0.1) is 6.92 Å². The van der Waals surface area contributed by atoms with Crippen LogP contribution in [0.4, 0.5) is 11.5 Å². The molecule has 1 aromatic carbocycles. The number of fused-ring (bicyclic) bond motifs is 1. The van der Waals surface area contributed by atoms with E-state index < -0.39 is 5.97 Å². The molecule has 24 heavy (non-hydrogen) atoms. The van der Waals surface area contributed by atoms with Crippen molar-refractivity contribution in [3.8, 4) is 5.75 Å². The predicted octanol–water partition coefficient (Wildman–Crippen LogP) is 3.14. The number of carbonyl (C=O) groups is 1. The molecule has 0 saturated heterocycles. The van der Waals surface area contributed by atoms with Crippen LogP contribution in [0.3, 0.4) is 0 Å². The van der Waals surface area contributed by atoms with E-state index in [4.69, 9.17) is 0 Å². The number of aromatic nitrogens is 3. The largest absolute Gasteiger partial charge is 0.508 e. The molecule has 0 aliphatic carbocycles. The summed E-state index contributed by atoms with van der Waals surface area (Å²) in [6.07, 6.45) is 4.28. The van der Waals surface area contributed by atoms with Crippen LogP contribution < -0.4 is 5.32 Å². The van der Waals surface area contributed by atoms with E-state index in [2.05, 4.69) is 15.4 Å². The Bertz CT molecular complexity index is 918. The van der Waals surface area contributed by atoms with Crippen molar-refractivity contribution in [1.29, 1.82) is 0 Å². The van der Waals surface area contributed by atoms with Gasteiger partial charge in [-0.05, 0) is 30.5 Å². The van der Waals surface area contributed by atoms with Crippen LogP contribution in [0.1, 0.15) is 34.8 Å². The molecule has 0 bridgehead atoms. The maximum atomic E-state index is 11.5. The monoisotopic (exact) mass is 326 g/mol. The highest BCUT2D eigenvalue weighted by molar-refractivity contribution is 5.94. The van der Waals surface area contributed by atoms with Crippen molar-refractivity contribution in [2.45, 2.75) is 26.7 Å². The summed E-state index contributed by atoms with van der Waals surface area (Å²) in [7, 11) is 0. The number of anilines is 2. The van der Waals surface area contributed by atoms with Gasteiger partial charge in [0.15, 0.2) is 5.82 Å². The number of hydrogen-bond donors (Lipinski definition) is 3. The van der Waals surface area contributed by atoms with Gasteiger partial charge in [-0.3, -0.25) is 0 Å². The van der Waals surface area contributed by atoms with Gasteiger partial charge in [-0.15, -0.1) is 0 Å². The number of hydrogen-bond acceptors (Lipinski definition) is 5. The van der Waals surface area contributed by atoms with Crippen molar-refractivity contribution in [2.24, 2.45) is 0 Å². The van der Waals surface area contributed by atoms with Gasteiger partial charge < -0.3 is 15.5 Å². The second-order valence-electron chi connectivity index (χ2n) is 5.60. The first-order valence-electron chi connectivity index (χ1n) is 7.66. The number of benzene rings is 1. The summed E-state index contributed by atoms with van der Waals surface area (Å²) >= 11 is 0. The van der Waals surface area contributed by atoms with E-state index >= 15 is 0 Å². The number of phenolic OH excluding ortho intramolecular Hbond substituents is 1. The van der Waals surface area contributed by atoms with E-state index in [-0.39, 0.29) is 11.3 Å². The van der Waals surface area contributed by atoms with E-state index in [9.17, 15) is 15.0 Å². The second-order valence-corrected chi connectivity index (χ2v) is 5.60. The van der Waals surface area contributed by atoms with Crippen LogP contribution in [0.2, 0.25) is 0 Å². The fourth-order valence-corrected chi connectivity index (χ4v) is 2.68. The van der Waals surface area contributed by atoms with Gasteiger partial charge in [0.25, 0.3) is 0 Å². The fourth-order valence-electron chi connectivity index (χ4n) is 2.68. The normalized spacial score (nSPS) is 10.9. The maximum absolute atomic E-state index is 11.5. The summed E-state index contributed by atoms with van der Waals surface area (Å²) in [5.74, 6) is -0.299. The van der Waals surface area contributed by atoms with Crippen molar-refractivity contribution in [2.75, 3.05) is 5.32 Å². The highest BCUT2D eigenvalue weighted by atomic mass is 16.4. The highest BCUT2D eigenvalue weighted by Gasteiger charge is 2.19. The molecular formula is C17H18N4O3. The lowest BCUT2D eigenvalue weighted by Crippen LogP contribution is -2.02. The van der Waals surface area contributed by atoms with Gasteiger partial charge in [0.2, 0.25) is 0 Å². The van der Waals surface area contributed by atoms with Gasteiger partial charge in [0, 0.05) is 18.0 Å². The van der Waals surface area contributed by atoms with Gasteiger partial charge >= 0.3 is 5.97 Å². The van der Waals surface area contributed by atoms with Gasteiger partial charge in [-0.1, -0.05) is 19.4 Å². The fraction of sp³-hybridized carbons (Fsp3) is 0.235. The lowest BCUT2D eigenvalue weighted by atomic mass is 10.1. The zero-order valence-electron chi connectivity index (χ0n) is 13.4. The number of rotatable bonds is 5.